The minimum atomic E-state index is 0.0445. The van der Waals surface area contributed by atoms with E-state index in [0.29, 0.717) is 0 Å². The third-order valence-electron chi connectivity index (χ3n) is 2.54. The zero-order chi connectivity index (χ0) is 12.3. The Labute approximate surface area is 101 Å². The smallest absolute Gasteiger partial charge is 0.0543 e. The van der Waals surface area contributed by atoms with Gasteiger partial charge in [-0.3, -0.25) is 9.78 Å². The van der Waals surface area contributed by atoms with Crippen LogP contribution >= 0.6 is 0 Å². The molecule has 2 N–H and O–H groups in total. The van der Waals surface area contributed by atoms with Crippen molar-refractivity contribution in [3.05, 3.63) is 35.9 Å². The summed E-state index contributed by atoms with van der Waals surface area (Å²) in [6.45, 7) is 8.06. The first-order valence-electron chi connectivity index (χ1n) is 5.78. The maximum atomic E-state index is 4.36. The monoisotopic (exact) mass is 233 g/mol. The number of rotatable bonds is 4. The number of H-pyrrole nitrogens is 1. The van der Waals surface area contributed by atoms with E-state index >= 15 is 0 Å². The highest BCUT2D eigenvalue weighted by molar-refractivity contribution is 5.06. The lowest BCUT2D eigenvalue weighted by Crippen LogP contribution is -2.22. The second kappa shape index (κ2) is 4.71. The Morgan fingerprint density at radius 3 is 2.59 bits per heavy atom. The first-order chi connectivity index (χ1) is 8.05. The molecule has 0 radical (unpaired) electrons. The normalized spacial score (nSPS) is 11.9. The lowest BCUT2D eigenvalue weighted by molar-refractivity contribution is 0.355. The second-order valence-electron chi connectivity index (χ2n) is 5.17. The van der Waals surface area contributed by atoms with Crippen LogP contribution < -0.4 is 5.32 Å². The Balaban J connectivity index is 1.85. The van der Waals surface area contributed by atoms with E-state index in [0.717, 1.165) is 18.7 Å². The molecule has 0 aliphatic heterocycles. The van der Waals surface area contributed by atoms with Crippen LogP contribution in [-0.4, -0.2) is 20.0 Å². The standard InChI is InChI=1S/C12H19N5/c1-12(2,3)17-9-11(8-16-17)5-13-4-10-6-14-15-7-10/h6-9,13H,4-5H2,1-3H3,(H,14,15). The molecule has 0 amide bonds. The van der Waals surface area contributed by atoms with Gasteiger partial charge in [0.2, 0.25) is 0 Å². The van der Waals surface area contributed by atoms with Crippen LogP contribution in [0.3, 0.4) is 0 Å². The van der Waals surface area contributed by atoms with Gasteiger partial charge in [-0.25, -0.2) is 0 Å². The van der Waals surface area contributed by atoms with Gasteiger partial charge in [0.1, 0.15) is 0 Å². The zero-order valence-corrected chi connectivity index (χ0v) is 10.6. The van der Waals surface area contributed by atoms with Gasteiger partial charge in [-0.15, -0.1) is 0 Å². The highest BCUT2D eigenvalue weighted by Crippen LogP contribution is 2.12. The van der Waals surface area contributed by atoms with Gasteiger partial charge in [-0.1, -0.05) is 0 Å². The fourth-order valence-electron chi connectivity index (χ4n) is 1.54. The summed E-state index contributed by atoms with van der Waals surface area (Å²) in [5, 5.41) is 14.4. The first kappa shape index (κ1) is 11.9. The van der Waals surface area contributed by atoms with Crippen LogP contribution in [-0.2, 0) is 18.6 Å². The molecular weight excluding hydrogens is 214 g/mol. The predicted molar refractivity (Wildman–Crippen MR) is 66.4 cm³/mol. The molecule has 0 saturated carbocycles. The van der Waals surface area contributed by atoms with Gasteiger partial charge < -0.3 is 5.32 Å². The second-order valence-corrected chi connectivity index (χ2v) is 5.17. The van der Waals surface area contributed by atoms with Crippen LogP contribution in [0.1, 0.15) is 31.9 Å². The molecule has 0 fully saturated rings. The number of nitrogens with zero attached hydrogens (tertiary/aromatic N) is 3. The number of aromatic nitrogens is 4. The summed E-state index contributed by atoms with van der Waals surface area (Å²) in [5.74, 6) is 0. The average Bonchev–Trinajstić information content (AvgIpc) is 2.86. The van der Waals surface area contributed by atoms with Crippen LogP contribution in [0.4, 0.5) is 0 Å². The molecule has 0 atom stereocenters. The minimum Gasteiger partial charge on any atom is -0.308 e. The molecule has 0 aromatic carbocycles. The van der Waals surface area contributed by atoms with Crippen molar-refractivity contribution < 1.29 is 0 Å². The lowest BCUT2D eigenvalue weighted by atomic mass is 10.1. The predicted octanol–water partition coefficient (Wildman–Crippen LogP) is 1.65. The van der Waals surface area contributed by atoms with Crippen LogP contribution in [0.15, 0.2) is 24.8 Å². The highest BCUT2D eigenvalue weighted by atomic mass is 15.3. The van der Waals surface area contributed by atoms with Crippen LogP contribution in [0.25, 0.3) is 0 Å². The quantitative estimate of drug-likeness (QED) is 0.844. The molecule has 2 aromatic heterocycles. The molecule has 0 spiro atoms. The molecule has 5 nitrogen and oxygen atoms in total. The van der Waals surface area contributed by atoms with Crippen LogP contribution in [0, 0.1) is 0 Å². The molecular formula is C12H19N5. The SMILES string of the molecule is CC(C)(C)n1cc(CNCc2cn[nH]c2)cn1. The zero-order valence-electron chi connectivity index (χ0n) is 10.6. The molecule has 0 unspecified atom stereocenters. The van der Waals surface area contributed by atoms with Crippen LogP contribution in [0.5, 0.6) is 0 Å². The van der Waals surface area contributed by atoms with E-state index in [1.807, 2.05) is 23.3 Å². The van der Waals surface area contributed by atoms with Gasteiger partial charge in [-0.05, 0) is 20.8 Å². The molecule has 17 heavy (non-hydrogen) atoms. The first-order valence-corrected chi connectivity index (χ1v) is 5.78. The maximum absolute atomic E-state index is 4.36. The molecule has 2 aromatic rings. The van der Waals surface area contributed by atoms with E-state index < -0.39 is 0 Å². The van der Waals surface area contributed by atoms with E-state index in [4.69, 9.17) is 0 Å². The molecule has 2 rings (SSSR count). The Kier molecular flexibility index (Phi) is 3.28. The maximum Gasteiger partial charge on any atom is 0.0543 e. The van der Waals surface area contributed by atoms with Gasteiger partial charge >= 0.3 is 0 Å². The van der Waals surface area contributed by atoms with E-state index in [9.17, 15) is 0 Å². The molecule has 0 saturated heterocycles. The molecule has 0 aliphatic rings. The Bertz CT molecular complexity index is 449. The Hall–Kier alpha value is -1.62. The number of aromatic amines is 1. The summed E-state index contributed by atoms with van der Waals surface area (Å²) in [6, 6.07) is 0. The molecule has 92 valence electrons. The number of nitrogens with one attached hydrogen (secondary N) is 2. The van der Waals surface area contributed by atoms with Gasteiger partial charge in [-0.2, -0.15) is 10.2 Å². The number of hydrogen-bond donors (Lipinski definition) is 2. The van der Waals surface area contributed by atoms with Crippen LogP contribution in [0.2, 0.25) is 0 Å². The lowest BCUT2D eigenvalue weighted by Gasteiger charge is -2.18. The number of hydrogen-bond acceptors (Lipinski definition) is 3. The Morgan fingerprint density at radius 1 is 1.24 bits per heavy atom. The fourth-order valence-corrected chi connectivity index (χ4v) is 1.54. The summed E-state index contributed by atoms with van der Waals surface area (Å²) in [4.78, 5) is 0. The largest absolute Gasteiger partial charge is 0.308 e. The van der Waals surface area contributed by atoms with E-state index in [-0.39, 0.29) is 5.54 Å². The third kappa shape index (κ3) is 3.17. The minimum absolute atomic E-state index is 0.0445. The van der Waals surface area contributed by atoms with Crippen molar-refractivity contribution >= 4 is 0 Å². The summed E-state index contributed by atoms with van der Waals surface area (Å²) < 4.78 is 1.99. The fraction of sp³-hybridized carbons (Fsp3) is 0.500. The van der Waals surface area contributed by atoms with Gasteiger partial charge in [0.05, 0.1) is 17.9 Å². The molecule has 0 aliphatic carbocycles. The van der Waals surface area contributed by atoms with E-state index in [1.54, 1.807) is 0 Å². The average molecular weight is 233 g/mol. The summed E-state index contributed by atoms with van der Waals surface area (Å²) >= 11 is 0. The summed E-state index contributed by atoms with van der Waals surface area (Å²) in [7, 11) is 0. The third-order valence-corrected chi connectivity index (χ3v) is 2.54. The van der Waals surface area contributed by atoms with Gasteiger partial charge in [0.25, 0.3) is 0 Å². The molecule has 2 heterocycles. The highest BCUT2D eigenvalue weighted by Gasteiger charge is 2.13. The van der Waals surface area contributed by atoms with Crippen molar-refractivity contribution in [3.8, 4) is 0 Å². The Morgan fingerprint density at radius 2 is 2.00 bits per heavy atom. The van der Waals surface area contributed by atoms with Crippen molar-refractivity contribution in [2.45, 2.75) is 39.4 Å². The van der Waals surface area contributed by atoms with Gasteiger partial charge in [0, 0.05) is 36.6 Å². The van der Waals surface area contributed by atoms with Crippen molar-refractivity contribution in [1.82, 2.24) is 25.3 Å². The molecule has 0 bridgehead atoms. The van der Waals surface area contributed by atoms with Crippen molar-refractivity contribution in [2.24, 2.45) is 0 Å². The van der Waals surface area contributed by atoms with Crippen molar-refractivity contribution in [2.75, 3.05) is 0 Å². The van der Waals surface area contributed by atoms with E-state index in [2.05, 4.69) is 47.6 Å². The van der Waals surface area contributed by atoms with Crippen molar-refractivity contribution in [1.29, 1.82) is 0 Å². The van der Waals surface area contributed by atoms with Crippen molar-refractivity contribution in [3.63, 3.8) is 0 Å². The molecule has 5 heteroatoms. The van der Waals surface area contributed by atoms with Gasteiger partial charge in [0.15, 0.2) is 0 Å². The van der Waals surface area contributed by atoms with E-state index in [1.165, 1.54) is 5.56 Å². The summed E-state index contributed by atoms with van der Waals surface area (Å²) in [6.07, 6.45) is 7.72. The summed E-state index contributed by atoms with van der Waals surface area (Å²) in [5.41, 5.74) is 2.40. The topological polar surface area (TPSA) is 58.5 Å².